The first-order valence-corrected chi connectivity index (χ1v) is 48.0. The Kier molecular flexibility index (Phi) is 76.9. The summed E-state index contributed by atoms with van der Waals surface area (Å²) in [7, 11) is -9.93. The normalized spacial score (nSPS) is 13.8. The van der Waals surface area contributed by atoms with Gasteiger partial charge >= 0.3 is 39.5 Å². The summed E-state index contributed by atoms with van der Waals surface area (Å²) >= 11 is 0. The molecule has 17 nitrogen and oxygen atoms in total. The molecule has 0 radical (unpaired) electrons. The van der Waals surface area contributed by atoms with Gasteiger partial charge in [-0.1, -0.05) is 414 Å². The molecule has 2 unspecified atom stereocenters. The number of unbranched alkanes of at least 4 members (excludes halogenated alkanes) is 56. The van der Waals surface area contributed by atoms with Gasteiger partial charge in [0.05, 0.1) is 26.4 Å². The van der Waals surface area contributed by atoms with Crippen LogP contribution in [0.25, 0.3) is 0 Å². The van der Waals surface area contributed by atoms with Gasteiger partial charge in [0.2, 0.25) is 0 Å². The van der Waals surface area contributed by atoms with Crippen molar-refractivity contribution < 1.29 is 80.2 Å². The number of ether oxygens (including phenoxy) is 4. The number of carbonyl (C=O) groups is 4. The number of hydrogen-bond acceptors (Lipinski definition) is 15. The second kappa shape index (κ2) is 78.3. The molecule has 0 bridgehead atoms. The number of aliphatic hydroxyl groups excluding tert-OH is 1. The summed E-state index contributed by atoms with van der Waals surface area (Å²) in [4.78, 5) is 73.2. The SMILES string of the molecule is CCCCCCCCCCCCCCCCCCCCCCC(=O)O[C@H](COC(=O)CCCCCCCCCCCCCCCCCCC(C)C)COP(=O)(O)OC[C@@H](O)COP(=O)(O)OC[C@@H](COC(=O)CCCCCCCCCCCC)OC(=O)CCCCCCCCCCCCCCCCC(C)C. The van der Waals surface area contributed by atoms with Crippen LogP contribution in [0.4, 0.5) is 0 Å². The van der Waals surface area contributed by atoms with Gasteiger partial charge in [-0.15, -0.1) is 0 Å². The van der Waals surface area contributed by atoms with Gasteiger partial charge in [0.15, 0.2) is 12.2 Å². The Bertz CT molecular complexity index is 2030. The van der Waals surface area contributed by atoms with Crippen molar-refractivity contribution in [3.05, 3.63) is 0 Å². The van der Waals surface area contributed by atoms with Gasteiger partial charge in [-0.25, -0.2) is 9.13 Å². The Balaban J connectivity index is 5.23. The first kappa shape index (κ1) is 104. The Morgan fingerprint density at radius 1 is 0.255 bits per heavy atom. The summed E-state index contributed by atoms with van der Waals surface area (Å²) in [5.41, 5.74) is 0. The molecule has 3 N–H and O–H groups in total. The van der Waals surface area contributed by atoms with E-state index < -0.39 is 97.5 Å². The second-order valence-corrected chi connectivity index (χ2v) is 35.1. The van der Waals surface area contributed by atoms with Crippen molar-refractivity contribution in [2.24, 2.45) is 11.8 Å². The maximum absolute atomic E-state index is 13.2. The molecular formula is C87H170O17P2. The maximum atomic E-state index is 13.2. The Hall–Kier alpha value is -1.94. The van der Waals surface area contributed by atoms with Crippen molar-refractivity contribution in [1.29, 1.82) is 0 Å². The van der Waals surface area contributed by atoms with Crippen molar-refractivity contribution in [1.82, 2.24) is 0 Å². The van der Waals surface area contributed by atoms with E-state index in [-0.39, 0.29) is 25.7 Å². The molecular weight excluding hydrogens is 1380 g/mol. The molecule has 630 valence electrons. The van der Waals surface area contributed by atoms with E-state index in [9.17, 15) is 43.2 Å². The Morgan fingerprint density at radius 2 is 0.434 bits per heavy atom. The molecule has 5 atom stereocenters. The summed E-state index contributed by atoms with van der Waals surface area (Å²) in [6.07, 6.45) is 70.8. The largest absolute Gasteiger partial charge is 0.472 e. The molecule has 0 aliphatic carbocycles. The smallest absolute Gasteiger partial charge is 0.462 e. The third-order valence-corrected chi connectivity index (χ3v) is 22.4. The van der Waals surface area contributed by atoms with Crippen LogP contribution in [0.15, 0.2) is 0 Å². The molecule has 19 heteroatoms. The highest BCUT2D eigenvalue weighted by molar-refractivity contribution is 7.47. The third-order valence-electron chi connectivity index (χ3n) is 20.5. The molecule has 0 saturated heterocycles. The van der Waals surface area contributed by atoms with Crippen LogP contribution in [-0.4, -0.2) is 96.7 Å². The lowest BCUT2D eigenvalue weighted by molar-refractivity contribution is -0.161. The molecule has 0 aliphatic heterocycles. The number of carbonyl (C=O) groups excluding carboxylic acids is 4. The minimum absolute atomic E-state index is 0.108. The fraction of sp³-hybridized carbons (Fsp3) is 0.954. The number of phosphoric acid groups is 2. The van der Waals surface area contributed by atoms with Crippen molar-refractivity contribution in [3.8, 4) is 0 Å². The highest BCUT2D eigenvalue weighted by Crippen LogP contribution is 2.45. The van der Waals surface area contributed by atoms with Crippen LogP contribution < -0.4 is 0 Å². The van der Waals surface area contributed by atoms with Crippen LogP contribution in [-0.2, 0) is 65.4 Å². The van der Waals surface area contributed by atoms with Gasteiger partial charge in [0.1, 0.15) is 19.3 Å². The summed E-state index contributed by atoms with van der Waals surface area (Å²) in [5.74, 6) is -0.492. The first-order valence-electron chi connectivity index (χ1n) is 45.0. The fourth-order valence-electron chi connectivity index (χ4n) is 13.6. The zero-order valence-corrected chi connectivity index (χ0v) is 71.5. The maximum Gasteiger partial charge on any atom is 0.472 e. The van der Waals surface area contributed by atoms with Gasteiger partial charge in [0.25, 0.3) is 0 Å². The standard InChI is InChI=1S/C87H170O17P2/c1-7-9-11-13-15-17-19-20-21-22-23-24-25-30-36-41-47-53-59-65-71-86(91)104-83(76-98-85(90)70-64-58-52-46-40-35-29-27-26-28-33-38-43-49-55-61-67-79(3)4)78-102-106(95,96)100-74-81(88)73-99-105(93,94)101-77-82(75-97-84(89)69-63-57-51-45-18-16-14-12-10-8-2)103-87(92)72-66-60-54-48-42-37-32-31-34-39-44-50-56-62-68-80(5)6/h79-83,88H,7-78H2,1-6H3,(H,93,94)(H,95,96)/t81-,82+,83+/m0/s1. The van der Waals surface area contributed by atoms with Crippen molar-refractivity contribution >= 4 is 39.5 Å². The predicted molar refractivity (Wildman–Crippen MR) is 437 cm³/mol. The number of phosphoric ester groups is 2. The summed E-state index contributed by atoms with van der Waals surface area (Å²) in [6.45, 7) is 9.72. The topological polar surface area (TPSA) is 237 Å². The van der Waals surface area contributed by atoms with Crippen LogP contribution in [0, 0.1) is 11.8 Å². The number of esters is 4. The van der Waals surface area contributed by atoms with Gasteiger partial charge in [-0.2, -0.15) is 0 Å². The number of aliphatic hydroxyl groups is 1. The first-order chi connectivity index (χ1) is 51.4. The molecule has 0 aromatic heterocycles. The van der Waals surface area contributed by atoms with E-state index in [4.69, 9.17) is 37.0 Å². The van der Waals surface area contributed by atoms with E-state index >= 15 is 0 Å². The van der Waals surface area contributed by atoms with Gasteiger partial charge in [-0.3, -0.25) is 37.3 Å². The predicted octanol–water partition coefficient (Wildman–Crippen LogP) is 26.6. The quantitative estimate of drug-likeness (QED) is 0.0222. The average molecular weight is 1550 g/mol. The van der Waals surface area contributed by atoms with E-state index in [1.165, 1.54) is 283 Å². The molecule has 0 rings (SSSR count). The molecule has 106 heavy (non-hydrogen) atoms. The van der Waals surface area contributed by atoms with Gasteiger partial charge in [0, 0.05) is 25.7 Å². The lowest BCUT2D eigenvalue weighted by Gasteiger charge is -2.21. The van der Waals surface area contributed by atoms with Crippen molar-refractivity contribution in [3.63, 3.8) is 0 Å². The zero-order valence-electron chi connectivity index (χ0n) is 69.7. The Morgan fingerprint density at radius 3 is 0.642 bits per heavy atom. The Labute approximate surface area is 651 Å². The lowest BCUT2D eigenvalue weighted by atomic mass is 10.0. The molecule has 0 aliphatic rings. The second-order valence-electron chi connectivity index (χ2n) is 32.2. The van der Waals surface area contributed by atoms with Crippen LogP contribution in [0.2, 0.25) is 0 Å². The minimum Gasteiger partial charge on any atom is -0.462 e. The molecule has 0 aromatic rings. The van der Waals surface area contributed by atoms with Gasteiger partial charge < -0.3 is 33.8 Å². The average Bonchev–Trinajstić information content (AvgIpc) is 0.924. The monoisotopic (exact) mass is 1550 g/mol. The van der Waals surface area contributed by atoms with E-state index in [0.29, 0.717) is 25.7 Å². The van der Waals surface area contributed by atoms with Gasteiger partial charge in [-0.05, 0) is 37.5 Å². The molecule has 0 saturated carbocycles. The highest BCUT2D eigenvalue weighted by Gasteiger charge is 2.30. The van der Waals surface area contributed by atoms with E-state index in [0.717, 1.165) is 102 Å². The molecule has 0 amide bonds. The number of hydrogen-bond donors (Lipinski definition) is 3. The lowest BCUT2D eigenvalue weighted by Crippen LogP contribution is -2.30. The minimum atomic E-state index is -4.97. The summed E-state index contributed by atoms with van der Waals surface area (Å²) < 4.78 is 68.9. The zero-order chi connectivity index (χ0) is 77.8. The molecule has 0 spiro atoms. The van der Waals surface area contributed by atoms with Crippen LogP contribution in [0.1, 0.15) is 465 Å². The molecule has 0 fully saturated rings. The summed E-state index contributed by atoms with van der Waals surface area (Å²) in [5, 5.41) is 10.7. The van der Waals surface area contributed by atoms with Crippen molar-refractivity contribution in [2.75, 3.05) is 39.6 Å². The highest BCUT2D eigenvalue weighted by atomic mass is 31.2. The van der Waals surface area contributed by atoms with Crippen molar-refractivity contribution in [2.45, 2.75) is 484 Å². The molecule has 0 heterocycles. The van der Waals surface area contributed by atoms with Crippen LogP contribution >= 0.6 is 15.6 Å². The van der Waals surface area contributed by atoms with E-state index in [1.807, 2.05) is 0 Å². The summed E-state index contributed by atoms with van der Waals surface area (Å²) in [6, 6.07) is 0. The fourth-order valence-corrected chi connectivity index (χ4v) is 15.2. The number of rotatable bonds is 86. The molecule has 0 aromatic carbocycles. The van der Waals surface area contributed by atoms with E-state index in [1.54, 1.807) is 0 Å². The van der Waals surface area contributed by atoms with Crippen LogP contribution in [0.3, 0.4) is 0 Å². The van der Waals surface area contributed by atoms with E-state index in [2.05, 4.69) is 41.5 Å². The van der Waals surface area contributed by atoms with Crippen LogP contribution in [0.5, 0.6) is 0 Å². The third kappa shape index (κ3) is 80.1.